The minimum atomic E-state index is 0.874. The van der Waals surface area contributed by atoms with Crippen molar-refractivity contribution in [1.29, 1.82) is 0 Å². The molecule has 2 aromatic carbocycles. The fraction of sp³-hybridized carbons (Fsp3) is 0.333. The Morgan fingerprint density at radius 3 is 2.38 bits per heavy atom. The Labute approximate surface area is 127 Å². The summed E-state index contributed by atoms with van der Waals surface area (Å²) in [4.78, 5) is 0. The van der Waals surface area contributed by atoms with Gasteiger partial charge < -0.3 is 15.4 Å². The van der Waals surface area contributed by atoms with Crippen LogP contribution in [0.25, 0.3) is 0 Å². The van der Waals surface area contributed by atoms with E-state index >= 15 is 0 Å². The van der Waals surface area contributed by atoms with Crippen molar-refractivity contribution in [2.24, 2.45) is 0 Å². The number of rotatable bonds is 7. The van der Waals surface area contributed by atoms with Gasteiger partial charge in [0.2, 0.25) is 0 Å². The quantitative estimate of drug-likeness (QED) is 0.763. The second-order valence-corrected chi connectivity index (χ2v) is 5.27. The Kier molecular flexibility index (Phi) is 5.64. The summed E-state index contributed by atoms with van der Waals surface area (Å²) in [5.41, 5.74) is 5.08. The summed E-state index contributed by atoms with van der Waals surface area (Å²) >= 11 is 0. The van der Waals surface area contributed by atoms with Gasteiger partial charge >= 0.3 is 0 Å². The highest BCUT2D eigenvalue weighted by Gasteiger charge is 1.98. The normalized spacial score (nSPS) is 10.4. The molecular formula is C18H24N2O. The second kappa shape index (κ2) is 7.70. The van der Waals surface area contributed by atoms with Crippen LogP contribution in [0.1, 0.15) is 16.7 Å². The van der Waals surface area contributed by atoms with Crippen molar-refractivity contribution in [2.75, 3.05) is 25.5 Å². The first-order valence-corrected chi connectivity index (χ1v) is 7.34. The molecule has 0 amide bonds. The Morgan fingerprint density at radius 1 is 0.952 bits per heavy atom. The number of anilines is 1. The Bertz CT molecular complexity index is 564. The van der Waals surface area contributed by atoms with Gasteiger partial charge in [-0.25, -0.2) is 0 Å². The molecule has 0 aliphatic carbocycles. The third-order valence-corrected chi connectivity index (χ3v) is 3.49. The molecule has 3 nitrogen and oxygen atoms in total. The third-order valence-electron chi connectivity index (χ3n) is 3.49. The zero-order valence-corrected chi connectivity index (χ0v) is 13.1. The van der Waals surface area contributed by atoms with E-state index in [0.29, 0.717) is 0 Å². The number of aryl methyl sites for hydroxylation is 2. The maximum absolute atomic E-state index is 5.15. The standard InChI is InChI=1S/C18H24N2O/c1-14-4-9-18(15(2)12-14)20-11-10-19-13-16-5-7-17(21-3)8-6-16/h4-9,12,19-20H,10-11,13H2,1-3H3. The van der Waals surface area contributed by atoms with E-state index in [2.05, 4.69) is 54.8 Å². The molecule has 2 rings (SSSR count). The van der Waals surface area contributed by atoms with Crippen molar-refractivity contribution in [3.63, 3.8) is 0 Å². The molecule has 3 heteroatoms. The molecule has 0 bridgehead atoms. The predicted molar refractivity (Wildman–Crippen MR) is 89.1 cm³/mol. The summed E-state index contributed by atoms with van der Waals surface area (Å²) in [6.07, 6.45) is 0. The zero-order chi connectivity index (χ0) is 15.1. The van der Waals surface area contributed by atoms with Crippen LogP contribution in [0, 0.1) is 13.8 Å². The molecule has 0 spiro atoms. The summed E-state index contributed by atoms with van der Waals surface area (Å²) in [5.74, 6) is 0.898. The number of hydrogen-bond donors (Lipinski definition) is 2. The SMILES string of the molecule is COc1ccc(CNCCNc2ccc(C)cc2C)cc1. The van der Waals surface area contributed by atoms with Crippen molar-refractivity contribution < 1.29 is 4.74 Å². The van der Waals surface area contributed by atoms with E-state index in [1.165, 1.54) is 22.4 Å². The lowest BCUT2D eigenvalue weighted by molar-refractivity contribution is 0.414. The lowest BCUT2D eigenvalue weighted by atomic mass is 10.1. The lowest BCUT2D eigenvalue weighted by Gasteiger charge is -2.11. The number of hydrogen-bond acceptors (Lipinski definition) is 3. The van der Waals surface area contributed by atoms with Gasteiger partial charge in [-0.15, -0.1) is 0 Å². The zero-order valence-electron chi connectivity index (χ0n) is 13.1. The van der Waals surface area contributed by atoms with Crippen LogP contribution in [0.3, 0.4) is 0 Å². The molecule has 0 atom stereocenters. The molecule has 0 unspecified atom stereocenters. The summed E-state index contributed by atoms with van der Waals surface area (Å²) in [6, 6.07) is 14.6. The smallest absolute Gasteiger partial charge is 0.118 e. The molecule has 0 saturated heterocycles. The first-order valence-electron chi connectivity index (χ1n) is 7.34. The Morgan fingerprint density at radius 2 is 1.71 bits per heavy atom. The number of benzene rings is 2. The fourth-order valence-corrected chi connectivity index (χ4v) is 2.27. The van der Waals surface area contributed by atoms with Gasteiger partial charge in [-0.2, -0.15) is 0 Å². The molecule has 0 fully saturated rings. The maximum Gasteiger partial charge on any atom is 0.118 e. The van der Waals surface area contributed by atoms with Crippen LogP contribution >= 0.6 is 0 Å². The van der Waals surface area contributed by atoms with Crippen molar-refractivity contribution in [1.82, 2.24) is 5.32 Å². The van der Waals surface area contributed by atoms with Crippen LogP contribution in [-0.2, 0) is 6.54 Å². The van der Waals surface area contributed by atoms with E-state index in [9.17, 15) is 0 Å². The van der Waals surface area contributed by atoms with Crippen LogP contribution in [0.2, 0.25) is 0 Å². The summed E-state index contributed by atoms with van der Waals surface area (Å²) < 4.78 is 5.15. The number of ether oxygens (including phenoxy) is 1. The minimum absolute atomic E-state index is 0.874. The second-order valence-electron chi connectivity index (χ2n) is 5.27. The van der Waals surface area contributed by atoms with Gasteiger partial charge in [-0.1, -0.05) is 29.8 Å². The van der Waals surface area contributed by atoms with E-state index < -0.39 is 0 Å². The molecule has 0 aromatic heterocycles. The molecule has 2 aromatic rings. The molecule has 0 heterocycles. The van der Waals surface area contributed by atoms with Crippen molar-refractivity contribution >= 4 is 5.69 Å². The van der Waals surface area contributed by atoms with E-state index in [1.54, 1.807) is 7.11 Å². The first kappa shape index (κ1) is 15.4. The third kappa shape index (κ3) is 4.80. The fourth-order valence-electron chi connectivity index (χ4n) is 2.27. The molecule has 21 heavy (non-hydrogen) atoms. The van der Waals surface area contributed by atoms with Gasteiger partial charge in [-0.05, 0) is 43.2 Å². The molecule has 0 aliphatic rings. The van der Waals surface area contributed by atoms with Gasteiger partial charge in [0, 0.05) is 25.3 Å². The molecule has 0 saturated carbocycles. The van der Waals surface area contributed by atoms with E-state index in [0.717, 1.165) is 25.4 Å². The average Bonchev–Trinajstić information content (AvgIpc) is 2.49. The van der Waals surface area contributed by atoms with Gasteiger partial charge in [-0.3, -0.25) is 0 Å². The summed E-state index contributed by atoms with van der Waals surface area (Å²) in [6.45, 7) is 6.98. The van der Waals surface area contributed by atoms with Gasteiger partial charge in [0.1, 0.15) is 5.75 Å². The highest BCUT2D eigenvalue weighted by Crippen LogP contribution is 2.15. The van der Waals surface area contributed by atoms with E-state index in [4.69, 9.17) is 4.74 Å². The Balaban J connectivity index is 1.69. The number of methoxy groups -OCH3 is 1. The van der Waals surface area contributed by atoms with Gasteiger partial charge in [0.15, 0.2) is 0 Å². The molecular weight excluding hydrogens is 260 g/mol. The van der Waals surface area contributed by atoms with E-state index in [-0.39, 0.29) is 0 Å². The van der Waals surface area contributed by atoms with Crippen molar-refractivity contribution in [3.8, 4) is 5.75 Å². The van der Waals surface area contributed by atoms with Gasteiger partial charge in [0.05, 0.1) is 7.11 Å². The van der Waals surface area contributed by atoms with Crippen molar-refractivity contribution in [2.45, 2.75) is 20.4 Å². The summed E-state index contributed by atoms with van der Waals surface area (Å²) in [5, 5.41) is 6.90. The monoisotopic (exact) mass is 284 g/mol. The first-order chi connectivity index (χ1) is 10.2. The average molecular weight is 284 g/mol. The molecule has 112 valence electrons. The van der Waals surface area contributed by atoms with Crippen LogP contribution in [0.15, 0.2) is 42.5 Å². The topological polar surface area (TPSA) is 33.3 Å². The van der Waals surface area contributed by atoms with E-state index in [1.807, 2.05) is 12.1 Å². The Hall–Kier alpha value is -2.00. The van der Waals surface area contributed by atoms with Crippen molar-refractivity contribution in [3.05, 3.63) is 59.2 Å². The van der Waals surface area contributed by atoms with Gasteiger partial charge in [0.25, 0.3) is 0 Å². The van der Waals surface area contributed by atoms with Crippen LogP contribution in [-0.4, -0.2) is 20.2 Å². The predicted octanol–water partition coefficient (Wildman–Crippen LogP) is 3.51. The summed E-state index contributed by atoms with van der Waals surface area (Å²) in [7, 11) is 1.69. The molecule has 0 radical (unpaired) electrons. The molecule has 2 N–H and O–H groups in total. The van der Waals surface area contributed by atoms with Crippen LogP contribution < -0.4 is 15.4 Å². The van der Waals surface area contributed by atoms with Crippen LogP contribution in [0.4, 0.5) is 5.69 Å². The number of nitrogens with one attached hydrogen (secondary N) is 2. The maximum atomic E-state index is 5.15. The highest BCUT2D eigenvalue weighted by atomic mass is 16.5. The largest absolute Gasteiger partial charge is 0.497 e. The minimum Gasteiger partial charge on any atom is -0.497 e. The molecule has 0 aliphatic heterocycles. The van der Waals surface area contributed by atoms with Crippen LogP contribution in [0.5, 0.6) is 5.75 Å². The lowest BCUT2D eigenvalue weighted by Crippen LogP contribution is -2.22. The highest BCUT2D eigenvalue weighted by molar-refractivity contribution is 5.51.